The molecule has 0 amide bonds. The molecule has 3 N–H and O–H groups in total. The number of hydrogen-bond donors (Lipinski definition) is 2. The summed E-state index contributed by atoms with van der Waals surface area (Å²) < 4.78 is 5.72. The maximum Gasteiger partial charge on any atom is 0.223 e. The quantitative estimate of drug-likeness (QED) is 0.669. The lowest BCUT2D eigenvalue weighted by Gasteiger charge is -2.09. The van der Waals surface area contributed by atoms with E-state index in [1.807, 2.05) is 42.5 Å². The van der Waals surface area contributed by atoms with E-state index in [1.165, 1.54) is 0 Å². The standard InChI is InChI=1S/C17H16ClN5O/c18-14-9-15(23-17(19)22-14)21-10-13-6-7-20-16(8-13)24-11-12-4-2-1-3-5-12/h1-9H,10-11H2,(H3,19,21,22,23). The molecule has 24 heavy (non-hydrogen) atoms. The highest BCUT2D eigenvalue weighted by molar-refractivity contribution is 6.29. The molecule has 0 saturated carbocycles. The van der Waals surface area contributed by atoms with Gasteiger partial charge in [0.1, 0.15) is 17.6 Å². The van der Waals surface area contributed by atoms with E-state index >= 15 is 0 Å². The number of anilines is 2. The number of nitrogens with zero attached hydrogens (tertiary/aromatic N) is 3. The minimum absolute atomic E-state index is 0.131. The van der Waals surface area contributed by atoms with E-state index in [4.69, 9.17) is 22.1 Å². The highest BCUT2D eigenvalue weighted by atomic mass is 35.5. The first-order chi connectivity index (χ1) is 11.7. The minimum Gasteiger partial charge on any atom is -0.473 e. The maximum atomic E-state index is 5.86. The molecule has 6 nitrogen and oxygen atoms in total. The van der Waals surface area contributed by atoms with Crippen LogP contribution in [0, 0.1) is 0 Å². The van der Waals surface area contributed by atoms with Crippen LogP contribution >= 0.6 is 11.6 Å². The van der Waals surface area contributed by atoms with Gasteiger partial charge in [0.05, 0.1) is 0 Å². The van der Waals surface area contributed by atoms with Crippen molar-refractivity contribution in [3.05, 3.63) is 71.0 Å². The molecule has 0 saturated heterocycles. The molecule has 0 bridgehead atoms. The van der Waals surface area contributed by atoms with Gasteiger partial charge in [-0.1, -0.05) is 41.9 Å². The Hall–Kier alpha value is -2.86. The van der Waals surface area contributed by atoms with Crippen LogP contribution in [0.25, 0.3) is 0 Å². The number of benzene rings is 1. The number of nitrogens with one attached hydrogen (secondary N) is 1. The van der Waals surface area contributed by atoms with Crippen LogP contribution in [0.2, 0.25) is 5.15 Å². The molecule has 2 aromatic heterocycles. The summed E-state index contributed by atoms with van der Waals surface area (Å²) in [5.74, 6) is 1.26. The number of nitrogens with two attached hydrogens (primary N) is 1. The molecule has 0 spiro atoms. The van der Waals surface area contributed by atoms with Crippen LogP contribution in [0.5, 0.6) is 5.88 Å². The maximum absolute atomic E-state index is 5.86. The predicted molar refractivity (Wildman–Crippen MR) is 93.8 cm³/mol. The molecule has 0 unspecified atom stereocenters. The molecule has 0 atom stereocenters. The number of nitrogen functional groups attached to an aromatic ring is 1. The highest BCUT2D eigenvalue weighted by Gasteiger charge is 2.03. The molecule has 122 valence electrons. The van der Waals surface area contributed by atoms with Crippen molar-refractivity contribution in [3.8, 4) is 5.88 Å². The molecule has 0 fully saturated rings. The molecule has 7 heteroatoms. The summed E-state index contributed by atoms with van der Waals surface area (Å²) in [5.41, 5.74) is 7.66. The van der Waals surface area contributed by atoms with Crippen molar-refractivity contribution < 1.29 is 4.74 Å². The number of halogens is 1. The second-order valence-electron chi connectivity index (χ2n) is 5.06. The van der Waals surface area contributed by atoms with Crippen LogP contribution in [0.3, 0.4) is 0 Å². The Kier molecular flexibility index (Phi) is 5.08. The number of pyridine rings is 1. The van der Waals surface area contributed by atoms with Gasteiger partial charge in [-0.25, -0.2) is 9.97 Å². The Balaban J connectivity index is 1.60. The number of rotatable bonds is 6. The Labute approximate surface area is 144 Å². The largest absolute Gasteiger partial charge is 0.473 e. The van der Waals surface area contributed by atoms with Gasteiger partial charge in [-0.15, -0.1) is 0 Å². The van der Waals surface area contributed by atoms with Crippen LogP contribution in [0.15, 0.2) is 54.7 Å². The van der Waals surface area contributed by atoms with E-state index < -0.39 is 0 Å². The van der Waals surface area contributed by atoms with E-state index in [-0.39, 0.29) is 5.95 Å². The minimum atomic E-state index is 0.131. The van der Waals surface area contributed by atoms with Crippen molar-refractivity contribution in [2.24, 2.45) is 0 Å². The van der Waals surface area contributed by atoms with Crippen LogP contribution in [-0.2, 0) is 13.2 Å². The van der Waals surface area contributed by atoms with Gasteiger partial charge in [-0.2, -0.15) is 4.98 Å². The molecule has 0 aliphatic rings. The summed E-state index contributed by atoms with van der Waals surface area (Å²) in [6.45, 7) is 1.01. The van der Waals surface area contributed by atoms with Crippen molar-refractivity contribution in [3.63, 3.8) is 0 Å². The van der Waals surface area contributed by atoms with Crippen molar-refractivity contribution >= 4 is 23.4 Å². The normalized spacial score (nSPS) is 10.4. The molecular formula is C17H16ClN5O. The fraction of sp³-hybridized carbons (Fsp3) is 0.118. The van der Waals surface area contributed by atoms with Gasteiger partial charge in [0.25, 0.3) is 0 Å². The monoisotopic (exact) mass is 341 g/mol. The zero-order valence-electron chi connectivity index (χ0n) is 12.8. The second-order valence-corrected chi connectivity index (χ2v) is 5.45. The fourth-order valence-electron chi connectivity index (χ4n) is 2.09. The molecule has 0 radical (unpaired) electrons. The zero-order chi connectivity index (χ0) is 16.8. The highest BCUT2D eigenvalue weighted by Crippen LogP contribution is 2.15. The van der Waals surface area contributed by atoms with Crippen LogP contribution in [0.4, 0.5) is 11.8 Å². The van der Waals surface area contributed by atoms with Gasteiger partial charge in [0.2, 0.25) is 11.8 Å². The average Bonchev–Trinajstić information content (AvgIpc) is 2.59. The summed E-state index contributed by atoms with van der Waals surface area (Å²) in [4.78, 5) is 12.1. The third kappa shape index (κ3) is 4.57. The number of aromatic nitrogens is 3. The van der Waals surface area contributed by atoms with Gasteiger partial charge < -0.3 is 15.8 Å². The summed E-state index contributed by atoms with van der Waals surface area (Å²) in [5, 5.41) is 3.44. The van der Waals surface area contributed by atoms with Gasteiger partial charge >= 0.3 is 0 Å². The van der Waals surface area contributed by atoms with Gasteiger partial charge in [-0.05, 0) is 17.2 Å². The van der Waals surface area contributed by atoms with Gasteiger partial charge in [-0.3, -0.25) is 0 Å². The Morgan fingerprint density at radius 3 is 2.67 bits per heavy atom. The number of hydrogen-bond acceptors (Lipinski definition) is 6. The first-order valence-corrected chi connectivity index (χ1v) is 7.72. The van der Waals surface area contributed by atoms with E-state index in [1.54, 1.807) is 12.3 Å². The lowest BCUT2D eigenvalue weighted by atomic mass is 10.2. The van der Waals surface area contributed by atoms with Crippen molar-refractivity contribution in [2.45, 2.75) is 13.2 Å². The predicted octanol–water partition coefficient (Wildman–Crippen LogP) is 3.30. The SMILES string of the molecule is Nc1nc(Cl)cc(NCc2ccnc(OCc3ccccc3)c2)n1. The lowest BCUT2D eigenvalue weighted by Crippen LogP contribution is -2.05. The Bertz CT molecular complexity index is 793. The fourth-order valence-corrected chi connectivity index (χ4v) is 2.28. The van der Waals surface area contributed by atoms with Crippen molar-refractivity contribution in [2.75, 3.05) is 11.1 Å². The molecule has 0 aliphatic carbocycles. The van der Waals surface area contributed by atoms with Crippen molar-refractivity contribution in [1.29, 1.82) is 0 Å². The zero-order valence-corrected chi connectivity index (χ0v) is 13.6. The third-order valence-electron chi connectivity index (χ3n) is 3.21. The van der Waals surface area contributed by atoms with Crippen LogP contribution in [-0.4, -0.2) is 15.0 Å². The molecule has 3 aromatic rings. The molecular weight excluding hydrogens is 326 g/mol. The third-order valence-corrected chi connectivity index (χ3v) is 3.41. The molecule has 3 rings (SSSR count). The molecule has 0 aliphatic heterocycles. The Morgan fingerprint density at radius 2 is 1.88 bits per heavy atom. The molecule has 1 aromatic carbocycles. The van der Waals surface area contributed by atoms with E-state index in [2.05, 4.69) is 20.3 Å². The first-order valence-electron chi connectivity index (χ1n) is 7.34. The Morgan fingerprint density at radius 1 is 1.04 bits per heavy atom. The van der Waals surface area contributed by atoms with E-state index in [9.17, 15) is 0 Å². The van der Waals surface area contributed by atoms with Gasteiger partial charge in [0, 0.05) is 24.9 Å². The number of ether oxygens (including phenoxy) is 1. The summed E-state index contributed by atoms with van der Waals surface area (Å²) in [6, 6.07) is 15.3. The summed E-state index contributed by atoms with van der Waals surface area (Å²) in [7, 11) is 0. The molecule has 2 heterocycles. The summed E-state index contributed by atoms with van der Waals surface area (Å²) >= 11 is 5.86. The van der Waals surface area contributed by atoms with E-state index in [0.29, 0.717) is 30.0 Å². The topological polar surface area (TPSA) is 86.0 Å². The van der Waals surface area contributed by atoms with Crippen molar-refractivity contribution in [1.82, 2.24) is 15.0 Å². The lowest BCUT2D eigenvalue weighted by molar-refractivity contribution is 0.293. The van der Waals surface area contributed by atoms with E-state index in [0.717, 1.165) is 11.1 Å². The van der Waals surface area contributed by atoms with Gasteiger partial charge in [0.15, 0.2) is 0 Å². The van der Waals surface area contributed by atoms with Crippen LogP contribution < -0.4 is 15.8 Å². The second kappa shape index (κ2) is 7.61. The first kappa shape index (κ1) is 16.0. The summed E-state index contributed by atoms with van der Waals surface area (Å²) in [6.07, 6.45) is 1.71. The average molecular weight is 342 g/mol. The smallest absolute Gasteiger partial charge is 0.223 e. The van der Waals surface area contributed by atoms with Crippen LogP contribution in [0.1, 0.15) is 11.1 Å².